The third-order valence-corrected chi connectivity index (χ3v) is 4.35. The molecule has 2 aliphatic rings. The molecule has 1 N–H and O–H groups in total. The van der Waals surface area contributed by atoms with Crippen LogP contribution in [0.3, 0.4) is 0 Å². The number of carbonyl (C=O) groups excluding carboxylic acids is 2. The second kappa shape index (κ2) is 7.29. The number of nitrogens with zero attached hydrogens (tertiary/aromatic N) is 2. The Labute approximate surface area is 140 Å². The Bertz CT molecular complexity index is 590. The lowest BCUT2D eigenvalue weighted by Gasteiger charge is -2.35. The lowest BCUT2D eigenvalue weighted by atomic mass is 10.1. The maximum Gasteiger partial charge on any atom is 0.246 e. The van der Waals surface area contributed by atoms with Gasteiger partial charge in [0.1, 0.15) is 6.54 Å². The van der Waals surface area contributed by atoms with E-state index in [1.807, 2.05) is 12.1 Å². The Hall–Kier alpha value is -1.63. The van der Waals surface area contributed by atoms with Gasteiger partial charge < -0.3 is 19.9 Å². The summed E-state index contributed by atoms with van der Waals surface area (Å²) in [6.07, 6.45) is 0.366. The summed E-state index contributed by atoms with van der Waals surface area (Å²) < 4.78 is 5.36. The number of piperazine rings is 1. The molecule has 0 radical (unpaired) electrons. The topological polar surface area (TPSA) is 61.9 Å². The van der Waals surface area contributed by atoms with Gasteiger partial charge in [0, 0.05) is 42.8 Å². The number of hydrogen-bond donors (Lipinski definition) is 1. The fourth-order valence-corrected chi connectivity index (χ4v) is 3.08. The minimum absolute atomic E-state index is 0.00732. The van der Waals surface area contributed by atoms with Crippen molar-refractivity contribution in [2.24, 2.45) is 0 Å². The SMILES string of the molecule is O=C(CC1COCCN1)N1CCN(c2cccc(Cl)c2)C(=O)C1. The molecule has 1 aromatic rings. The van der Waals surface area contributed by atoms with Crippen LogP contribution in [0.15, 0.2) is 24.3 Å². The minimum atomic E-state index is -0.0836. The van der Waals surface area contributed by atoms with Gasteiger partial charge in [-0.3, -0.25) is 9.59 Å². The van der Waals surface area contributed by atoms with Gasteiger partial charge >= 0.3 is 0 Å². The Balaban J connectivity index is 1.57. The van der Waals surface area contributed by atoms with Crippen LogP contribution in [0.4, 0.5) is 5.69 Å². The molecule has 0 bridgehead atoms. The molecule has 0 spiro atoms. The van der Waals surface area contributed by atoms with Gasteiger partial charge in [-0.15, -0.1) is 0 Å². The molecule has 7 heteroatoms. The minimum Gasteiger partial charge on any atom is -0.378 e. The van der Waals surface area contributed by atoms with Crippen LogP contribution in [0.5, 0.6) is 0 Å². The summed E-state index contributed by atoms with van der Waals surface area (Å²) in [5.74, 6) is -0.0909. The van der Waals surface area contributed by atoms with Crippen molar-refractivity contribution >= 4 is 29.1 Å². The second-order valence-electron chi connectivity index (χ2n) is 5.77. The van der Waals surface area contributed by atoms with Gasteiger partial charge in [-0.1, -0.05) is 17.7 Å². The maximum absolute atomic E-state index is 12.4. The molecular weight excluding hydrogens is 318 g/mol. The summed E-state index contributed by atoms with van der Waals surface area (Å²) in [5.41, 5.74) is 0.775. The number of hydrogen-bond acceptors (Lipinski definition) is 4. The highest BCUT2D eigenvalue weighted by Gasteiger charge is 2.29. The van der Waals surface area contributed by atoms with Crippen molar-refractivity contribution in [3.05, 3.63) is 29.3 Å². The number of amides is 2. The molecule has 3 rings (SSSR count). The standard InChI is InChI=1S/C16H20ClN3O3/c17-12-2-1-3-14(8-12)20-6-5-19(10-16(20)22)15(21)9-13-11-23-7-4-18-13/h1-3,8,13,18H,4-7,9-11H2. The van der Waals surface area contributed by atoms with Crippen LogP contribution in [-0.4, -0.2) is 62.1 Å². The zero-order valence-electron chi connectivity index (χ0n) is 12.8. The molecule has 0 aromatic heterocycles. The Morgan fingerprint density at radius 3 is 2.96 bits per heavy atom. The normalized spacial score (nSPS) is 22.3. The van der Waals surface area contributed by atoms with E-state index < -0.39 is 0 Å². The zero-order valence-corrected chi connectivity index (χ0v) is 13.6. The van der Waals surface area contributed by atoms with Crippen molar-refractivity contribution in [2.75, 3.05) is 44.3 Å². The van der Waals surface area contributed by atoms with Crippen molar-refractivity contribution < 1.29 is 14.3 Å². The molecule has 23 heavy (non-hydrogen) atoms. The number of carbonyl (C=O) groups is 2. The molecule has 2 fully saturated rings. The highest BCUT2D eigenvalue weighted by molar-refractivity contribution is 6.30. The molecule has 1 atom stereocenters. The third kappa shape index (κ3) is 4.02. The van der Waals surface area contributed by atoms with Crippen LogP contribution < -0.4 is 10.2 Å². The van der Waals surface area contributed by atoms with Crippen LogP contribution in [0, 0.1) is 0 Å². The van der Waals surface area contributed by atoms with Gasteiger partial charge in [-0.05, 0) is 18.2 Å². The van der Waals surface area contributed by atoms with Crippen molar-refractivity contribution in [3.8, 4) is 0 Å². The van der Waals surface area contributed by atoms with Crippen molar-refractivity contribution in [3.63, 3.8) is 0 Å². The van der Waals surface area contributed by atoms with Crippen LogP contribution in [-0.2, 0) is 14.3 Å². The first-order valence-electron chi connectivity index (χ1n) is 7.78. The second-order valence-corrected chi connectivity index (χ2v) is 6.21. The van der Waals surface area contributed by atoms with E-state index in [2.05, 4.69) is 5.32 Å². The van der Waals surface area contributed by atoms with E-state index in [9.17, 15) is 9.59 Å². The Morgan fingerprint density at radius 1 is 1.39 bits per heavy atom. The fraction of sp³-hybridized carbons (Fsp3) is 0.500. The van der Waals surface area contributed by atoms with E-state index in [-0.39, 0.29) is 24.4 Å². The quantitative estimate of drug-likeness (QED) is 0.890. The average Bonchev–Trinajstić information content (AvgIpc) is 2.55. The van der Waals surface area contributed by atoms with E-state index in [0.717, 1.165) is 12.2 Å². The lowest BCUT2D eigenvalue weighted by Crippen LogP contribution is -2.54. The highest BCUT2D eigenvalue weighted by Crippen LogP contribution is 2.21. The molecule has 2 saturated heterocycles. The number of rotatable bonds is 3. The summed E-state index contributed by atoms with van der Waals surface area (Å²) in [6, 6.07) is 7.24. The Morgan fingerprint density at radius 2 is 2.26 bits per heavy atom. The van der Waals surface area contributed by atoms with Gasteiger partial charge in [0.2, 0.25) is 11.8 Å². The molecule has 0 saturated carbocycles. The number of morpholine rings is 1. The molecule has 1 unspecified atom stereocenters. The van der Waals surface area contributed by atoms with Crippen LogP contribution >= 0.6 is 11.6 Å². The lowest BCUT2D eigenvalue weighted by molar-refractivity contribution is -0.137. The van der Waals surface area contributed by atoms with Crippen LogP contribution in [0.2, 0.25) is 5.02 Å². The van der Waals surface area contributed by atoms with Crippen LogP contribution in [0.25, 0.3) is 0 Å². The third-order valence-electron chi connectivity index (χ3n) is 4.11. The molecule has 6 nitrogen and oxygen atoms in total. The van der Waals surface area contributed by atoms with Gasteiger partial charge in [0.05, 0.1) is 13.2 Å². The molecule has 1 aromatic carbocycles. The zero-order chi connectivity index (χ0) is 16.2. The summed E-state index contributed by atoms with van der Waals surface area (Å²) >= 11 is 5.98. The number of benzene rings is 1. The maximum atomic E-state index is 12.4. The summed E-state index contributed by atoms with van der Waals surface area (Å²) in [5, 5.41) is 3.85. The summed E-state index contributed by atoms with van der Waals surface area (Å²) in [4.78, 5) is 28.0. The molecule has 2 heterocycles. The van der Waals surface area contributed by atoms with E-state index in [4.69, 9.17) is 16.3 Å². The summed E-state index contributed by atoms with van der Waals surface area (Å²) in [6.45, 7) is 3.12. The fourth-order valence-electron chi connectivity index (χ4n) is 2.89. The largest absolute Gasteiger partial charge is 0.378 e. The van der Waals surface area contributed by atoms with Crippen molar-refractivity contribution in [1.29, 1.82) is 0 Å². The van der Waals surface area contributed by atoms with E-state index in [1.54, 1.807) is 21.9 Å². The number of ether oxygens (including phenoxy) is 1. The van der Waals surface area contributed by atoms with Crippen molar-refractivity contribution in [2.45, 2.75) is 12.5 Å². The first-order valence-corrected chi connectivity index (χ1v) is 8.16. The predicted molar refractivity (Wildman–Crippen MR) is 87.6 cm³/mol. The highest BCUT2D eigenvalue weighted by atomic mass is 35.5. The summed E-state index contributed by atoms with van der Waals surface area (Å²) in [7, 11) is 0. The van der Waals surface area contributed by atoms with Gasteiger partial charge in [0.15, 0.2) is 0 Å². The van der Waals surface area contributed by atoms with Gasteiger partial charge in [-0.2, -0.15) is 0 Å². The number of nitrogens with one attached hydrogen (secondary N) is 1. The molecule has 2 aliphatic heterocycles. The monoisotopic (exact) mass is 337 g/mol. The van der Waals surface area contributed by atoms with Gasteiger partial charge in [0.25, 0.3) is 0 Å². The van der Waals surface area contributed by atoms with Crippen LogP contribution in [0.1, 0.15) is 6.42 Å². The van der Waals surface area contributed by atoms with Gasteiger partial charge in [-0.25, -0.2) is 0 Å². The first-order chi connectivity index (χ1) is 11.1. The van der Waals surface area contributed by atoms with E-state index in [1.165, 1.54) is 0 Å². The smallest absolute Gasteiger partial charge is 0.246 e. The van der Waals surface area contributed by atoms with E-state index >= 15 is 0 Å². The van der Waals surface area contributed by atoms with E-state index in [0.29, 0.717) is 37.7 Å². The number of anilines is 1. The molecular formula is C16H20ClN3O3. The first kappa shape index (κ1) is 16.2. The molecule has 124 valence electrons. The Kier molecular flexibility index (Phi) is 5.15. The molecule has 0 aliphatic carbocycles. The molecule has 2 amide bonds. The average molecular weight is 338 g/mol. The number of halogens is 1. The van der Waals surface area contributed by atoms with Crippen molar-refractivity contribution in [1.82, 2.24) is 10.2 Å². The predicted octanol–water partition coefficient (Wildman–Crippen LogP) is 0.894.